The molecule has 0 saturated carbocycles. The van der Waals surface area contributed by atoms with Gasteiger partial charge in [0.2, 0.25) is 5.88 Å². The molecule has 0 amide bonds. The highest BCUT2D eigenvalue weighted by Gasteiger charge is 2.04. The van der Waals surface area contributed by atoms with Crippen molar-refractivity contribution in [2.24, 2.45) is 0 Å². The molecular weight excluding hydrogens is 407 g/mol. The molecule has 18 heavy (non-hydrogen) atoms. The van der Waals surface area contributed by atoms with Crippen molar-refractivity contribution >= 4 is 38.5 Å². The molecule has 0 radical (unpaired) electrons. The van der Waals surface area contributed by atoms with Crippen LogP contribution >= 0.6 is 38.5 Å². The Morgan fingerprint density at radius 3 is 2.61 bits per heavy atom. The normalized spacial score (nSPS) is 10.4. The van der Waals surface area contributed by atoms with Gasteiger partial charge in [0.05, 0.1) is 0 Å². The summed E-state index contributed by atoms with van der Waals surface area (Å²) in [4.78, 5) is 8.68. The van der Waals surface area contributed by atoms with Crippen molar-refractivity contribution in [3.8, 4) is 11.6 Å². The van der Waals surface area contributed by atoms with Gasteiger partial charge >= 0.3 is 0 Å². The highest BCUT2D eigenvalue weighted by Crippen LogP contribution is 2.22. The Hall–Kier alpha value is -0.690. The molecule has 0 bridgehead atoms. The quantitative estimate of drug-likeness (QED) is 0.538. The van der Waals surface area contributed by atoms with E-state index in [1.807, 2.05) is 24.3 Å². The number of benzene rings is 1. The zero-order valence-electron chi connectivity index (χ0n) is 9.86. The zero-order chi connectivity index (χ0) is 13.0. The monoisotopic (exact) mass is 418 g/mol. The number of aryl methyl sites for hydroxylation is 1. The number of nitrogens with zero attached hydrogens (tertiary/aromatic N) is 2. The minimum Gasteiger partial charge on any atom is -0.439 e. The largest absolute Gasteiger partial charge is 0.439 e. The molecule has 0 aliphatic heterocycles. The molecule has 2 aromatic rings. The fraction of sp³-hybridized carbons (Fsp3) is 0.231. The molecule has 3 nitrogen and oxygen atoms in total. The van der Waals surface area contributed by atoms with Crippen LogP contribution in [0.2, 0.25) is 0 Å². The smallest absolute Gasteiger partial charge is 0.223 e. The summed E-state index contributed by atoms with van der Waals surface area (Å²) < 4.78 is 7.64. The average Bonchev–Trinajstić information content (AvgIpc) is 2.32. The third-order valence-electron chi connectivity index (χ3n) is 2.23. The van der Waals surface area contributed by atoms with Crippen LogP contribution in [0.3, 0.4) is 0 Å². The van der Waals surface area contributed by atoms with Gasteiger partial charge in [-0.15, -0.1) is 0 Å². The highest BCUT2D eigenvalue weighted by atomic mass is 127. The van der Waals surface area contributed by atoms with E-state index in [1.165, 1.54) is 3.57 Å². The van der Waals surface area contributed by atoms with Gasteiger partial charge in [0.15, 0.2) is 0 Å². The lowest BCUT2D eigenvalue weighted by Crippen LogP contribution is -1.97. The van der Waals surface area contributed by atoms with Crippen molar-refractivity contribution in [3.63, 3.8) is 0 Å². The number of aromatic nitrogens is 2. The summed E-state index contributed by atoms with van der Waals surface area (Å²) in [6.45, 7) is 2.10. The molecule has 0 unspecified atom stereocenters. The van der Waals surface area contributed by atoms with Crippen LogP contribution in [0.4, 0.5) is 0 Å². The van der Waals surface area contributed by atoms with Gasteiger partial charge in [0, 0.05) is 16.1 Å². The minimum absolute atomic E-state index is 0.571. The Morgan fingerprint density at radius 1 is 1.22 bits per heavy atom. The topological polar surface area (TPSA) is 35.0 Å². The molecular formula is C13H12BrIN2O. The lowest BCUT2D eigenvalue weighted by Gasteiger charge is -2.06. The Morgan fingerprint density at radius 2 is 1.94 bits per heavy atom. The molecule has 0 aliphatic rings. The van der Waals surface area contributed by atoms with Crippen LogP contribution in [0.1, 0.15) is 19.2 Å². The van der Waals surface area contributed by atoms with E-state index in [0.29, 0.717) is 5.88 Å². The maximum absolute atomic E-state index is 5.72. The number of rotatable bonds is 4. The zero-order valence-corrected chi connectivity index (χ0v) is 13.6. The van der Waals surface area contributed by atoms with Crippen molar-refractivity contribution in [1.29, 1.82) is 0 Å². The van der Waals surface area contributed by atoms with E-state index in [2.05, 4.69) is 55.4 Å². The first kappa shape index (κ1) is 13.7. The summed E-state index contributed by atoms with van der Waals surface area (Å²) >= 11 is 5.64. The standard InChI is InChI=1S/C13H12BrIN2O/c1-2-3-12-16-11(14)8-13(17-12)18-10-6-4-9(15)5-7-10/h4-8H,2-3H2,1H3. The van der Waals surface area contributed by atoms with Gasteiger partial charge in [0.25, 0.3) is 0 Å². The fourth-order valence-corrected chi connectivity index (χ4v) is 2.21. The van der Waals surface area contributed by atoms with Gasteiger partial charge in [-0.25, -0.2) is 4.98 Å². The van der Waals surface area contributed by atoms with Crippen LogP contribution < -0.4 is 4.74 Å². The number of ether oxygens (including phenoxy) is 1. The van der Waals surface area contributed by atoms with E-state index in [4.69, 9.17) is 4.74 Å². The molecule has 0 atom stereocenters. The first-order valence-electron chi connectivity index (χ1n) is 5.64. The molecule has 94 valence electrons. The highest BCUT2D eigenvalue weighted by molar-refractivity contribution is 14.1. The molecule has 1 heterocycles. The van der Waals surface area contributed by atoms with Crippen LogP contribution in [-0.4, -0.2) is 9.97 Å². The van der Waals surface area contributed by atoms with Gasteiger partial charge in [0.1, 0.15) is 16.2 Å². The molecule has 0 N–H and O–H groups in total. The van der Waals surface area contributed by atoms with Gasteiger partial charge in [-0.3, -0.25) is 0 Å². The van der Waals surface area contributed by atoms with Crippen molar-refractivity contribution in [1.82, 2.24) is 9.97 Å². The molecule has 0 aliphatic carbocycles. The third kappa shape index (κ3) is 3.91. The molecule has 5 heteroatoms. The van der Waals surface area contributed by atoms with E-state index in [0.717, 1.165) is 29.0 Å². The Kier molecular flexibility index (Phi) is 4.94. The molecule has 2 rings (SSSR count). The van der Waals surface area contributed by atoms with Crippen LogP contribution in [0, 0.1) is 3.57 Å². The maximum atomic E-state index is 5.72. The van der Waals surface area contributed by atoms with E-state index in [-0.39, 0.29) is 0 Å². The number of hydrogen-bond donors (Lipinski definition) is 0. The first-order valence-corrected chi connectivity index (χ1v) is 7.51. The third-order valence-corrected chi connectivity index (χ3v) is 3.35. The summed E-state index contributed by atoms with van der Waals surface area (Å²) in [7, 11) is 0. The van der Waals surface area contributed by atoms with Crippen LogP contribution in [0.25, 0.3) is 0 Å². The lowest BCUT2D eigenvalue weighted by atomic mass is 10.3. The molecule has 0 spiro atoms. The molecule has 0 saturated heterocycles. The van der Waals surface area contributed by atoms with Crippen molar-refractivity contribution in [2.75, 3.05) is 0 Å². The summed E-state index contributed by atoms with van der Waals surface area (Å²) in [5, 5.41) is 0. The number of halogens is 2. The second-order valence-corrected chi connectivity index (χ2v) is 5.81. The van der Waals surface area contributed by atoms with E-state index < -0.39 is 0 Å². The van der Waals surface area contributed by atoms with Crippen molar-refractivity contribution in [2.45, 2.75) is 19.8 Å². The maximum Gasteiger partial charge on any atom is 0.223 e. The Labute approximate surface area is 128 Å². The minimum atomic E-state index is 0.571. The van der Waals surface area contributed by atoms with E-state index in [1.54, 1.807) is 6.07 Å². The number of hydrogen-bond acceptors (Lipinski definition) is 3. The van der Waals surface area contributed by atoms with Gasteiger partial charge in [-0.1, -0.05) is 6.92 Å². The molecule has 1 aromatic carbocycles. The molecule has 1 aromatic heterocycles. The second-order valence-electron chi connectivity index (χ2n) is 3.75. The van der Waals surface area contributed by atoms with Crippen LogP contribution in [-0.2, 0) is 6.42 Å². The summed E-state index contributed by atoms with van der Waals surface area (Å²) in [6.07, 6.45) is 1.86. The summed E-state index contributed by atoms with van der Waals surface area (Å²) in [5.41, 5.74) is 0. The van der Waals surface area contributed by atoms with Crippen molar-refractivity contribution in [3.05, 3.63) is 44.3 Å². The van der Waals surface area contributed by atoms with Gasteiger partial charge < -0.3 is 4.74 Å². The predicted molar refractivity (Wildman–Crippen MR) is 83.0 cm³/mol. The fourth-order valence-electron chi connectivity index (χ4n) is 1.45. The average molecular weight is 419 g/mol. The summed E-state index contributed by atoms with van der Waals surface area (Å²) in [5.74, 6) is 2.15. The van der Waals surface area contributed by atoms with Gasteiger partial charge in [-0.2, -0.15) is 4.98 Å². The Balaban J connectivity index is 2.20. The first-order chi connectivity index (χ1) is 8.67. The van der Waals surface area contributed by atoms with E-state index >= 15 is 0 Å². The van der Waals surface area contributed by atoms with Crippen LogP contribution in [0.5, 0.6) is 11.6 Å². The molecule has 0 fully saturated rings. The SMILES string of the molecule is CCCc1nc(Br)cc(Oc2ccc(I)cc2)n1. The van der Waals surface area contributed by atoms with Crippen molar-refractivity contribution < 1.29 is 4.74 Å². The lowest BCUT2D eigenvalue weighted by molar-refractivity contribution is 0.457. The predicted octanol–water partition coefficient (Wildman–Crippen LogP) is 4.59. The summed E-state index contributed by atoms with van der Waals surface area (Å²) in [6, 6.07) is 9.63. The van der Waals surface area contributed by atoms with E-state index in [9.17, 15) is 0 Å². The van der Waals surface area contributed by atoms with Crippen LogP contribution in [0.15, 0.2) is 34.9 Å². The second kappa shape index (κ2) is 6.47. The Bertz CT molecular complexity index is 531. The van der Waals surface area contributed by atoms with Gasteiger partial charge in [-0.05, 0) is 69.2 Å².